The van der Waals surface area contributed by atoms with Crippen LogP contribution in [0.5, 0.6) is 0 Å². The van der Waals surface area contributed by atoms with Crippen LogP contribution in [0.15, 0.2) is 70.7 Å². The highest BCUT2D eigenvalue weighted by molar-refractivity contribution is 6.36. The van der Waals surface area contributed by atoms with Crippen molar-refractivity contribution in [3.63, 3.8) is 0 Å². The maximum Gasteiger partial charge on any atom is 0.0816 e. The van der Waals surface area contributed by atoms with Gasteiger partial charge < -0.3 is 0 Å². The summed E-state index contributed by atoms with van der Waals surface area (Å²) in [4.78, 5) is 9.88. The Labute approximate surface area is 260 Å². The number of allylic oxidation sites excluding steroid dienone is 2. The zero-order valence-electron chi connectivity index (χ0n) is 27.6. The van der Waals surface area contributed by atoms with Gasteiger partial charge in [0.2, 0.25) is 0 Å². The van der Waals surface area contributed by atoms with E-state index in [1.165, 1.54) is 127 Å². The number of hydrogen-bond acceptors (Lipinski definition) is 2. The van der Waals surface area contributed by atoms with Crippen molar-refractivity contribution in [3.05, 3.63) is 71.8 Å². The second-order valence-corrected chi connectivity index (χ2v) is 12.1. The third-order valence-corrected chi connectivity index (χ3v) is 8.05. The van der Waals surface area contributed by atoms with Crippen LogP contribution >= 0.6 is 0 Å². The molecule has 0 radical (unpaired) electrons. The lowest BCUT2D eigenvalue weighted by molar-refractivity contribution is 0.545. The molecule has 2 heteroatoms. The van der Waals surface area contributed by atoms with Crippen LogP contribution in [0, 0.1) is 0 Å². The Bertz CT molecular complexity index is 973. The average molecular weight is 571 g/mol. The van der Waals surface area contributed by atoms with Gasteiger partial charge in [-0.05, 0) is 80.0 Å². The summed E-state index contributed by atoms with van der Waals surface area (Å²) in [5, 5.41) is 0. The molecule has 0 spiro atoms. The van der Waals surface area contributed by atoms with Crippen LogP contribution < -0.4 is 0 Å². The quantitative estimate of drug-likeness (QED) is 0.0837. The van der Waals surface area contributed by atoms with Gasteiger partial charge in [0.1, 0.15) is 0 Å². The number of hydrogen-bond donors (Lipinski definition) is 0. The Balaban J connectivity index is 1.96. The molecule has 0 N–H and O–H groups in total. The molecule has 0 atom stereocenters. The predicted molar refractivity (Wildman–Crippen MR) is 189 cm³/mol. The molecule has 0 aromatic heterocycles. The first-order chi connectivity index (χ1) is 20.7. The Morgan fingerprint density at radius 2 is 1.05 bits per heavy atom. The number of aliphatic imine (C=N–C) groups is 2. The van der Waals surface area contributed by atoms with Crippen LogP contribution in [0.3, 0.4) is 0 Å². The minimum atomic E-state index is 0.933. The molecular weight excluding hydrogens is 508 g/mol. The standard InChI is InChI=1S/C40H62N2/c1-4-7-10-11-12-13-14-15-16-17-18-19-20-24-31-39(35-41-38-29-25-21-26-30-38)42-40-33-36(27-22-8-5-2)32-37(34-40)28-23-9-6-3/h21,24-26,29-35H,4-20,22-23,27-28H2,1-3H3/b31-24+,41-35?,42-39?. The SMILES string of the molecule is CCCCCCCCCCCCCC/C=C/C(C=Nc1ccccc1)=Nc1cc(CCCCC)cc(CCCCC)c1. The molecule has 0 saturated heterocycles. The lowest BCUT2D eigenvalue weighted by atomic mass is 10.00. The smallest absolute Gasteiger partial charge is 0.0816 e. The zero-order chi connectivity index (χ0) is 29.9. The fourth-order valence-electron chi connectivity index (χ4n) is 5.47. The van der Waals surface area contributed by atoms with Crippen molar-refractivity contribution in [1.82, 2.24) is 0 Å². The molecule has 42 heavy (non-hydrogen) atoms. The first-order valence-corrected chi connectivity index (χ1v) is 17.7. The number of para-hydroxylation sites is 1. The van der Waals surface area contributed by atoms with Crippen molar-refractivity contribution >= 4 is 23.3 Å². The van der Waals surface area contributed by atoms with Gasteiger partial charge in [0.25, 0.3) is 0 Å². The van der Waals surface area contributed by atoms with Gasteiger partial charge in [-0.2, -0.15) is 0 Å². The topological polar surface area (TPSA) is 24.7 Å². The molecule has 0 amide bonds. The van der Waals surface area contributed by atoms with E-state index < -0.39 is 0 Å². The number of unbranched alkanes of at least 4 members (excludes halogenated alkanes) is 16. The number of aryl methyl sites for hydroxylation is 2. The third kappa shape index (κ3) is 18.1. The second kappa shape index (κ2) is 25.1. The molecule has 0 aliphatic rings. The minimum absolute atomic E-state index is 0.933. The van der Waals surface area contributed by atoms with Crippen LogP contribution in [0.4, 0.5) is 11.4 Å². The van der Waals surface area contributed by atoms with Crippen LogP contribution in [-0.4, -0.2) is 11.9 Å². The van der Waals surface area contributed by atoms with Crippen molar-refractivity contribution in [1.29, 1.82) is 0 Å². The summed E-state index contributed by atoms with van der Waals surface area (Å²) in [7, 11) is 0. The van der Waals surface area contributed by atoms with Gasteiger partial charge in [0.15, 0.2) is 0 Å². The number of benzene rings is 2. The van der Waals surface area contributed by atoms with Gasteiger partial charge in [0.05, 0.1) is 23.3 Å². The van der Waals surface area contributed by atoms with E-state index in [0.717, 1.165) is 36.3 Å². The van der Waals surface area contributed by atoms with Crippen LogP contribution in [0.25, 0.3) is 0 Å². The summed E-state index contributed by atoms with van der Waals surface area (Å²) < 4.78 is 0. The van der Waals surface area contributed by atoms with E-state index in [4.69, 9.17) is 9.98 Å². The summed E-state index contributed by atoms with van der Waals surface area (Å²) in [6.45, 7) is 6.85. The van der Waals surface area contributed by atoms with E-state index in [2.05, 4.69) is 51.1 Å². The molecule has 0 fully saturated rings. The highest BCUT2D eigenvalue weighted by Crippen LogP contribution is 2.22. The summed E-state index contributed by atoms with van der Waals surface area (Å²) in [5.41, 5.74) is 5.82. The molecular formula is C40H62N2. The molecule has 2 aromatic rings. The van der Waals surface area contributed by atoms with Gasteiger partial charge in [0, 0.05) is 0 Å². The lowest BCUT2D eigenvalue weighted by Gasteiger charge is -2.08. The maximum absolute atomic E-state index is 5.13. The van der Waals surface area contributed by atoms with E-state index in [9.17, 15) is 0 Å². The molecule has 0 bridgehead atoms. The van der Waals surface area contributed by atoms with E-state index >= 15 is 0 Å². The lowest BCUT2D eigenvalue weighted by Crippen LogP contribution is -1.96. The van der Waals surface area contributed by atoms with Gasteiger partial charge >= 0.3 is 0 Å². The Morgan fingerprint density at radius 1 is 0.548 bits per heavy atom. The predicted octanol–water partition coefficient (Wildman–Crippen LogP) is 13.3. The van der Waals surface area contributed by atoms with Crippen molar-refractivity contribution in [3.8, 4) is 0 Å². The molecule has 2 nitrogen and oxygen atoms in total. The van der Waals surface area contributed by atoms with Crippen molar-refractivity contribution < 1.29 is 0 Å². The Hall–Kier alpha value is -2.48. The largest absolute Gasteiger partial charge is 0.255 e. The first kappa shape index (κ1) is 35.7. The van der Waals surface area contributed by atoms with E-state index in [1.54, 1.807) is 0 Å². The Kier molecular flexibility index (Phi) is 21.3. The van der Waals surface area contributed by atoms with Crippen molar-refractivity contribution in [2.24, 2.45) is 9.98 Å². The van der Waals surface area contributed by atoms with Crippen LogP contribution in [0.2, 0.25) is 0 Å². The van der Waals surface area contributed by atoms with Crippen molar-refractivity contribution in [2.75, 3.05) is 0 Å². The molecule has 0 saturated carbocycles. The highest BCUT2D eigenvalue weighted by Gasteiger charge is 2.03. The van der Waals surface area contributed by atoms with E-state index in [-0.39, 0.29) is 0 Å². The van der Waals surface area contributed by atoms with E-state index in [0.29, 0.717) is 0 Å². The van der Waals surface area contributed by atoms with Crippen LogP contribution in [0.1, 0.15) is 154 Å². The zero-order valence-corrected chi connectivity index (χ0v) is 27.6. The molecule has 0 aliphatic carbocycles. The molecule has 0 aliphatic heterocycles. The van der Waals surface area contributed by atoms with Crippen LogP contribution in [-0.2, 0) is 12.8 Å². The Morgan fingerprint density at radius 3 is 1.60 bits per heavy atom. The molecule has 232 valence electrons. The first-order valence-electron chi connectivity index (χ1n) is 17.7. The summed E-state index contributed by atoms with van der Waals surface area (Å²) >= 11 is 0. The number of nitrogens with zero attached hydrogens (tertiary/aromatic N) is 2. The van der Waals surface area contributed by atoms with Crippen molar-refractivity contribution in [2.45, 2.75) is 156 Å². The average Bonchev–Trinajstić information content (AvgIpc) is 3.00. The monoisotopic (exact) mass is 570 g/mol. The normalized spacial score (nSPS) is 12.2. The van der Waals surface area contributed by atoms with Gasteiger partial charge in [-0.3, -0.25) is 4.99 Å². The molecule has 0 unspecified atom stereocenters. The fraction of sp³-hybridized carbons (Fsp3) is 0.600. The van der Waals surface area contributed by atoms with Gasteiger partial charge in [-0.15, -0.1) is 0 Å². The van der Waals surface area contributed by atoms with E-state index in [1.807, 2.05) is 36.5 Å². The fourth-order valence-corrected chi connectivity index (χ4v) is 5.47. The molecule has 2 rings (SSSR count). The second-order valence-electron chi connectivity index (χ2n) is 12.1. The summed E-state index contributed by atoms with van der Waals surface area (Å²) in [5.74, 6) is 0. The summed E-state index contributed by atoms with van der Waals surface area (Å²) in [6, 6.07) is 17.2. The molecule has 0 heterocycles. The molecule has 2 aromatic carbocycles. The minimum Gasteiger partial charge on any atom is -0.255 e. The highest BCUT2D eigenvalue weighted by atomic mass is 14.8. The van der Waals surface area contributed by atoms with Gasteiger partial charge in [-0.1, -0.05) is 147 Å². The summed E-state index contributed by atoms with van der Waals surface area (Å²) in [6.07, 6.45) is 34.1. The third-order valence-electron chi connectivity index (χ3n) is 8.05. The number of rotatable bonds is 25. The maximum atomic E-state index is 5.13. The van der Waals surface area contributed by atoms with Gasteiger partial charge in [-0.25, -0.2) is 4.99 Å².